The Kier molecular flexibility index (Phi) is 5.83. The minimum atomic E-state index is -0.325. The van der Waals surface area contributed by atoms with Crippen molar-refractivity contribution in [2.24, 2.45) is 0 Å². The van der Waals surface area contributed by atoms with E-state index in [0.29, 0.717) is 33.6 Å². The molecule has 0 saturated heterocycles. The molecule has 6 nitrogen and oxygen atoms in total. The van der Waals surface area contributed by atoms with Crippen LogP contribution in [0, 0.1) is 12.7 Å². The molecule has 8 heteroatoms. The average molecular weight is 389 g/mol. The maximum Gasteiger partial charge on any atom is 0.241 e. The predicted octanol–water partition coefficient (Wildman–Crippen LogP) is 3.91. The second kappa shape index (κ2) is 8.28. The molecule has 0 aliphatic carbocycles. The average Bonchev–Trinajstić information content (AvgIpc) is 3.05. The van der Waals surface area contributed by atoms with Gasteiger partial charge in [-0.15, -0.1) is 0 Å². The lowest BCUT2D eigenvalue weighted by Gasteiger charge is -2.13. The Morgan fingerprint density at radius 2 is 2.11 bits per heavy atom. The van der Waals surface area contributed by atoms with E-state index in [1.54, 1.807) is 55.3 Å². The summed E-state index contributed by atoms with van der Waals surface area (Å²) in [5.41, 5.74) is 1.71. The Hall–Kier alpha value is -2.77. The van der Waals surface area contributed by atoms with Gasteiger partial charge in [0.25, 0.3) is 0 Å². The van der Waals surface area contributed by atoms with Gasteiger partial charge in [0.1, 0.15) is 5.82 Å². The van der Waals surface area contributed by atoms with Gasteiger partial charge in [0.05, 0.1) is 13.1 Å². The lowest BCUT2D eigenvalue weighted by Crippen LogP contribution is -2.29. The van der Waals surface area contributed by atoms with Gasteiger partial charge in [0.15, 0.2) is 0 Å². The van der Waals surface area contributed by atoms with Crippen LogP contribution in [0.2, 0.25) is 5.02 Å². The van der Waals surface area contributed by atoms with E-state index < -0.39 is 0 Å². The van der Waals surface area contributed by atoms with Gasteiger partial charge in [0.2, 0.25) is 17.6 Å². The highest BCUT2D eigenvalue weighted by Crippen LogP contribution is 2.19. The highest BCUT2D eigenvalue weighted by atomic mass is 35.5. The number of nitrogens with zero attached hydrogens (tertiary/aromatic N) is 3. The maximum atomic E-state index is 13.7. The number of amides is 1. The van der Waals surface area contributed by atoms with Crippen molar-refractivity contribution in [3.63, 3.8) is 0 Å². The number of anilines is 1. The summed E-state index contributed by atoms with van der Waals surface area (Å²) in [7, 11) is 1.76. The van der Waals surface area contributed by atoms with E-state index in [-0.39, 0.29) is 24.8 Å². The molecule has 0 fully saturated rings. The summed E-state index contributed by atoms with van der Waals surface area (Å²) in [6, 6.07) is 11.7. The summed E-state index contributed by atoms with van der Waals surface area (Å²) in [4.78, 5) is 18.1. The Labute approximate surface area is 160 Å². The molecule has 3 aromatic rings. The first-order valence-corrected chi connectivity index (χ1v) is 8.61. The fourth-order valence-corrected chi connectivity index (χ4v) is 2.66. The monoisotopic (exact) mass is 388 g/mol. The minimum Gasteiger partial charge on any atom is -0.338 e. The summed E-state index contributed by atoms with van der Waals surface area (Å²) in [6.45, 7) is 2.10. The van der Waals surface area contributed by atoms with Crippen LogP contribution in [-0.2, 0) is 11.3 Å². The fourth-order valence-electron chi connectivity index (χ4n) is 2.47. The van der Waals surface area contributed by atoms with Gasteiger partial charge in [-0.05, 0) is 43.8 Å². The van der Waals surface area contributed by atoms with Crippen molar-refractivity contribution in [1.82, 2.24) is 15.0 Å². The molecule has 0 bridgehead atoms. The number of carbonyl (C=O) groups is 1. The van der Waals surface area contributed by atoms with Crippen LogP contribution < -0.4 is 5.32 Å². The summed E-state index contributed by atoms with van der Waals surface area (Å²) in [6.07, 6.45) is 0. The lowest BCUT2D eigenvalue weighted by atomic mass is 10.1. The number of nitrogens with one attached hydrogen (secondary N) is 1. The Bertz CT molecular complexity index is 960. The SMILES string of the molecule is Cc1ccc(-c2noc(CN(C)CC(=O)Nc3cccc(Cl)c3)n2)cc1F. The zero-order valence-corrected chi connectivity index (χ0v) is 15.6. The van der Waals surface area contributed by atoms with Crippen molar-refractivity contribution in [1.29, 1.82) is 0 Å². The third kappa shape index (κ3) is 5.12. The van der Waals surface area contributed by atoms with E-state index >= 15 is 0 Å². The molecule has 1 heterocycles. The van der Waals surface area contributed by atoms with Crippen LogP contribution in [0.25, 0.3) is 11.4 Å². The third-order valence-corrected chi connectivity index (χ3v) is 4.06. The van der Waals surface area contributed by atoms with Crippen molar-refractivity contribution in [3.05, 3.63) is 64.8 Å². The van der Waals surface area contributed by atoms with E-state index in [4.69, 9.17) is 16.1 Å². The predicted molar refractivity (Wildman–Crippen MR) is 101 cm³/mol. The molecule has 0 atom stereocenters. The van der Waals surface area contributed by atoms with Gasteiger partial charge in [-0.25, -0.2) is 4.39 Å². The first-order chi connectivity index (χ1) is 12.9. The topological polar surface area (TPSA) is 71.3 Å². The number of aryl methyl sites for hydroxylation is 1. The first-order valence-electron chi connectivity index (χ1n) is 8.24. The van der Waals surface area contributed by atoms with Gasteiger partial charge < -0.3 is 9.84 Å². The molecule has 0 spiro atoms. The van der Waals surface area contributed by atoms with Gasteiger partial charge in [-0.3, -0.25) is 9.69 Å². The highest BCUT2D eigenvalue weighted by Gasteiger charge is 2.14. The molecule has 140 valence electrons. The molecule has 0 aliphatic heterocycles. The van der Waals surface area contributed by atoms with Crippen LogP contribution >= 0.6 is 11.6 Å². The molecule has 0 saturated carbocycles. The normalized spacial score (nSPS) is 11.0. The molecule has 1 amide bonds. The molecule has 1 N–H and O–H groups in total. The lowest BCUT2D eigenvalue weighted by molar-refractivity contribution is -0.117. The molecular weight excluding hydrogens is 371 g/mol. The minimum absolute atomic E-state index is 0.128. The van der Waals surface area contributed by atoms with Gasteiger partial charge in [-0.1, -0.05) is 35.0 Å². The van der Waals surface area contributed by atoms with Crippen LogP contribution in [0.1, 0.15) is 11.5 Å². The first kappa shape index (κ1) is 19.0. The molecular formula is C19H18ClFN4O2. The number of rotatable bonds is 6. The van der Waals surface area contributed by atoms with Gasteiger partial charge >= 0.3 is 0 Å². The molecule has 3 rings (SSSR count). The van der Waals surface area contributed by atoms with Crippen molar-refractivity contribution in [2.75, 3.05) is 18.9 Å². The molecule has 0 radical (unpaired) electrons. The van der Waals surface area contributed by atoms with E-state index in [1.165, 1.54) is 6.07 Å². The number of likely N-dealkylation sites (N-methyl/N-ethyl adjacent to an activating group) is 1. The Balaban J connectivity index is 1.58. The van der Waals surface area contributed by atoms with Crippen LogP contribution in [-0.4, -0.2) is 34.5 Å². The summed E-state index contributed by atoms with van der Waals surface area (Å²) in [5, 5.41) is 7.19. The van der Waals surface area contributed by atoms with E-state index in [2.05, 4.69) is 15.5 Å². The zero-order valence-electron chi connectivity index (χ0n) is 14.9. The number of hydrogen-bond donors (Lipinski definition) is 1. The molecule has 1 aromatic heterocycles. The van der Waals surface area contributed by atoms with Crippen molar-refractivity contribution in [2.45, 2.75) is 13.5 Å². The zero-order chi connectivity index (χ0) is 19.4. The van der Waals surface area contributed by atoms with E-state index in [9.17, 15) is 9.18 Å². The number of halogens is 2. The second-order valence-corrected chi connectivity index (χ2v) is 6.64. The van der Waals surface area contributed by atoms with Crippen molar-refractivity contribution >= 4 is 23.2 Å². The quantitative estimate of drug-likeness (QED) is 0.693. The van der Waals surface area contributed by atoms with E-state index in [0.717, 1.165) is 0 Å². The Morgan fingerprint density at radius 3 is 2.85 bits per heavy atom. The van der Waals surface area contributed by atoms with Gasteiger partial charge in [-0.2, -0.15) is 4.98 Å². The largest absolute Gasteiger partial charge is 0.338 e. The smallest absolute Gasteiger partial charge is 0.241 e. The molecule has 0 unspecified atom stereocenters. The molecule has 0 aliphatic rings. The second-order valence-electron chi connectivity index (χ2n) is 6.21. The standard InChI is InChI=1S/C19H18ClFN4O2/c1-12-6-7-13(8-16(12)21)19-23-18(27-24-19)11-25(2)10-17(26)22-15-5-3-4-14(20)9-15/h3-9H,10-11H2,1-2H3,(H,22,26). The third-order valence-electron chi connectivity index (χ3n) is 3.83. The van der Waals surface area contributed by atoms with Gasteiger partial charge in [0, 0.05) is 16.3 Å². The van der Waals surface area contributed by atoms with Crippen LogP contribution in [0.4, 0.5) is 10.1 Å². The molecule has 27 heavy (non-hydrogen) atoms. The Morgan fingerprint density at radius 1 is 1.30 bits per heavy atom. The van der Waals surface area contributed by atoms with Crippen LogP contribution in [0.15, 0.2) is 47.0 Å². The highest BCUT2D eigenvalue weighted by molar-refractivity contribution is 6.30. The number of aromatic nitrogens is 2. The maximum absolute atomic E-state index is 13.7. The van der Waals surface area contributed by atoms with Crippen LogP contribution in [0.5, 0.6) is 0 Å². The number of hydrogen-bond acceptors (Lipinski definition) is 5. The van der Waals surface area contributed by atoms with Crippen LogP contribution in [0.3, 0.4) is 0 Å². The molecule has 2 aromatic carbocycles. The number of carbonyl (C=O) groups excluding carboxylic acids is 1. The van der Waals surface area contributed by atoms with E-state index in [1.807, 2.05) is 0 Å². The number of benzene rings is 2. The van der Waals surface area contributed by atoms with Crippen molar-refractivity contribution < 1.29 is 13.7 Å². The fraction of sp³-hybridized carbons (Fsp3) is 0.211. The summed E-state index contributed by atoms with van der Waals surface area (Å²) < 4.78 is 18.9. The summed E-state index contributed by atoms with van der Waals surface area (Å²) in [5.74, 6) is 0.124. The van der Waals surface area contributed by atoms with Crippen molar-refractivity contribution in [3.8, 4) is 11.4 Å². The summed E-state index contributed by atoms with van der Waals surface area (Å²) >= 11 is 5.90.